The maximum Gasteiger partial charge on any atom is 0.306 e. The van der Waals surface area contributed by atoms with Crippen LogP contribution in [-0.4, -0.2) is 37.2 Å². The van der Waals surface area contributed by atoms with E-state index in [1.807, 2.05) is 0 Å². The van der Waals surface area contributed by atoms with E-state index in [-0.39, 0.29) is 31.1 Å². The van der Waals surface area contributed by atoms with Crippen molar-refractivity contribution in [1.82, 2.24) is 0 Å². The molecule has 0 rings (SSSR count). The number of ether oxygens (including phenoxy) is 3. The molecule has 6 heteroatoms. The van der Waals surface area contributed by atoms with E-state index < -0.39 is 6.10 Å². The number of allylic oxidation sites excluding steroid dienone is 10. The Morgan fingerprint density at radius 2 is 0.537 bits per heavy atom. The maximum absolute atomic E-state index is 12.9. The first-order valence-corrected chi connectivity index (χ1v) is 28.8. The van der Waals surface area contributed by atoms with Crippen molar-refractivity contribution >= 4 is 17.9 Å². The van der Waals surface area contributed by atoms with Gasteiger partial charge in [-0.1, -0.05) is 223 Å². The zero-order valence-corrected chi connectivity index (χ0v) is 44.4. The predicted molar refractivity (Wildman–Crippen MR) is 288 cm³/mol. The van der Waals surface area contributed by atoms with E-state index in [9.17, 15) is 14.4 Å². The highest BCUT2D eigenvalue weighted by molar-refractivity contribution is 5.71. The van der Waals surface area contributed by atoms with E-state index in [0.29, 0.717) is 19.3 Å². The number of rotatable bonds is 52. The molecule has 0 aliphatic rings. The van der Waals surface area contributed by atoms with Gasteiger partial charge in [0.25, 0.3) is 0 Å². The van der Waals surface area contributed by atoms with Gasteiger partial charge in [-0.05, 0) is 109 Å². The Morgan fingerprint density at radius 3 is 0.925 bits per heavy atom. The molecule has 0 saturated carbocycles. The highest BCUT2D eigenvalue weighted by Gasteiger charge is 2.19. The van der Waals surface area contributed by atoms with E-state index in [2.05, 4.69) is 81.5 Å². The molecule has 388 valence electrons. The largest absolute Gasteiger partial charge is 0.462 e. The Balaban J connectivity index is 4.41. The van der Waals surface area contributed by atoms with Crippen LogP contribution in [0, 0.1) is 0 Å². The van der Waals surface area contributed by atoms with E-state index in [4.69, 9.17) is 14.2 Å². The van der Waals surface area contributed by atoms with Gasteiger partial charge >= 0.3 is 17.9 Å². The Morgan fingerprint density at radius 1 is 0.299 bits per heavy atom. The van der Waals surface area contributed by atoms with Gasteiger partial charge in [0, 0.05) is 19.3 Å². The fraction of sp³-hybridized carbons (Fsp3) is 0.787. The molecule has 0 N–H and O–H groups in total. The van der Waals surface area contributed by atoms with Crippen LogP contribution in [0.4, 0.5) is 0 Å². The van der Waals surface area contributed by atoms with Crippen molar-refractivity contribution in [3.05, 3.63) is 60.8 Å². The molecule has 0 radical (unpaired) electrons. The maximum atomic E-state index is 12.9. The van der Waals surface area contributed by atoms with Crippen LogP contribution in [0.5, 0.6) is 0 Å². The monoisotopic (exact) mass is 937 g/mol. The van der Waals surface area contributed by atoms with Crippen LogP contribution in [0.1, 0.15) is 290 Å². The lowest BCUT2D eigenvalue weighted by atomic mass is 10.1. The van der Waals surface area contributed by atoms with Gasteiger partial charge in [-0.2, -0.15) is 0 Å². The molecule has 0 unspecified atom stereocenters. The zero-order valence-electron chi connectivity index (χ0n) is 44.4. The standard InChI is InChI=1S/C61H108O6/c1-4-7-10-13-16-19-22-25-28-29-30-31-34-37-40-43-46-49-52-55-61(64)67-58(56-65-59(62)53-50-47-44-41-38-35-32-26-23-20-17-14-11-8-5-2)57-66-60(63)54-51-48-45-42-39-36-33-27-24-21-18-15-12-9-6-3/h17,20-21,24-26,28,32,38,41,58H,4-16,18-19,22-23,27,29-31,33-37,39-40,42-57H2,1-3H3/b20-17-,24-21-,28-25-,32-26-,41-38-/t58-/m1/s1. The molecular formula is C61H108O6. The summed E-state index contributed by atoms with van der Waals surface area (Å²) in [7, 11) is 0. The molecular weight excluding hydrogens is 829 g/mol. The van der Waals surface area contributed by atoms with Gasteiger partial charge in [0.1, 0.15) is 13.2 Å². The lowest BCUT2D eigenvalue weighted by Gasteiger charge is -2.18. The first kappa shape index (κ1) is 64.1. The van der Waals surface area contributed by atoms with Crippen molar-refractivity contribution < 1.29 is 28.6 Å². The molecule has 0 saturated heterocycles. The third kappa shape index (κ3) is 53.9. The number of unbranched alkanes of at least 4 members (excludes halogenated alkanes) is 31. The number of esters is 3. The molecule has 0 aliphatic heterocycles. The predicted octanol–water partition coefficient (Wildman–Crippen LogP) is 19.2. The summed E-state index contributed by atoms with van der Waals surface area (Å²) in [6.45, 7) is 6.58. The van der Waals surface area contributed by atoms with Gasteiger partial charge < -0.3 is 14.2 Å². The topological polar surface area (TPSA) is 78.9 Å². The van der Waals surface area contributed by atoms with Crippen LogP contribution < -0.4 is 0 Å². The molecule has 0 aromatic carbocycles. The lowest BCUT2D eigenvalue weighted by Crippen LogP contribution is -2.30. The third-order valence-electron chi connectivity index (χ3n) is 12.5. The molecule has 0 heterocycles. The second kappa shape index (κ2) is 55.7. The fourth-order valence-corrected chi connectivity index (χ4v) is 8.09. The van der Waals surface area contributed by atoms with Gasteiger partial charge in [0.15, 0.2) is 6.10 Å². The van der Waals surface area contributed by atoms with Crippen molar-refractivity contribution in [2.45, 2.75) is 297 Å². The van der Waals surface area contributed by atoms with Crippen LogP contribution in [0.3, 0.4) is 0 Å². The molecule has 0 aromatic rings. The van der Waals surface area contributed by atoms with Crippen LogP contribution in [0.15, 0.2) is 60.8 Å². The molecule has 0 fully saturated rings. The second-order valence-electron chi connectivity index (χ2n) is 19.2. The number of hydrogen-bond acceptors (Lipinski definition) is 6. The van der Waals surface area contributed by atoms with Crippen molar-refractivity contribution in [3.63, 3.8) is 0 Å². The van der Waals surface area contributed by atoms with Crippen LogP contribution in [0.2, 0.25) is 0 Å². The van der Waals surface area contributed by atoms with Crippen molar-refractivity contribution in [2.75, 3.05) is 13.2 Å². The van der Waals surface area contributed by atoms with E-state index >= 15 is 0 Å². The summed E-state index contributed by atoms with van der Waals surface area (Å²) in [5, 5.41) is 0. The van der Waals surface area contributed by atoms with Crippen molar-refractivity contribution in [2.24, 2.45) is 0 Å². The minimum Gasteiger partial charge on any atom is -0.462 e. The van der Waals surface area contributed by atoms with Crippen molar-refractivity contribution in [3.8, 4) is 0 Å². The Hall–Kier alpha value is -2.89. The number of carbonyl (C=O) groups is 3. The van der Waals surface area contributed by atoms with E-state index in [1.165, 1.54) is 180 Å². The summed E-state index contributed by atoms with van der Waals surface area (Å²) >= 11 is 0. The molecule has 0 aromatic heterocycles. The first-order valence-electron chi connectivity index (χ1n) is 28.8. The molecule has 0 bridgehead atoms. The lowest BCUT2D eigenvalue weighted by molar-refractivity contribution is -0.167. The SMILES string of the molecule is CCCCC/C=C\C/C=C\C/C=C\CCCCC(=O)OC[C@H](COC(=O)CCCCCCCCC/C=C\CCCCCC)OC(=O)CCCCCCCCCCC/C=C\CCCCCCCC. The van der Waals surface area contributed by atoms with Crippen LogP contribution >= 0.6 is 0 Å². The summed E-state index contributed by atoms with van der Waals surface area (Å²) in [4.78, 5) is 38.1. The minimum absolute atomic E-state index is 0.0883. The second-order valence-corrected chi connectivity index (χ2v) is 19.2. The minimum atomic E-state index is -0.792. The highest BCUT2D eigenvalue weighted by Crippen LogP contribution is 2.15. The fourth-order valence-electron chi connectivity index (χ4n) is 8.09. The zero-order chi connectivity index (χ0) is 48.6. The van der Waals surface area contributed by atoms with Crippen molar-refractivity contribution in [1.29, 1.82) is 0 Å². The average Bonchev–Trinajstić information content (AvgIpc) is 3.33. The summed E-state index contributed by atoms with van der Waals surface area (Å²) < 4.78 is 16.8. The molecule has 0 aliphatic carbocycles. The third-order valence-corrected chi connectivity index (χ3v) is 12.5. The van der Waals surface area contributed by atoms with Crippen LogP contribution in [-0.2, 0) is 28.6 Å². The first-order chi connectivity index (χ1) is 33.0. The number of carbonyl (C=O) groups excluding carboxylic acids is 3. The van der Waals surface area contributed by atoms with E-state index in [1.54, 1.807) is 0 Å². The van der Waals surface area contributed by atoms with Gasteiger partial charge in [-0.3, -0.25) is 14.4 Å². The average molecular weight is 938 g/mol. The Kier molecular flexibility index (Phi) is 53.3. The quantitative estimate of drug-likeness (QED) is 0.0262. The highest BCUT2D eigenvalue weighted by atomic mass is 16.6. The molecule has 67 heavy (non-hydrogen) atoms. The van der Waals surface area contributed by atoms with Crippen LogP contribution in [0.25, 0.3) is 0 Å². The summed E-state index contributed by atoms with van der Waals surface area (Å²) in [5.41, 5.74) is 0. The summed E-state index contributed by atoms with van der Waals surface area (Å²) in [6.07, 6.45) is 69.2. The molecule has 6 nitrogen and oxygen atoms in total. The summed E-state index contributed by atoms with van der Waals surface area (Å²) in [6, 6.07) is 0. The normalized spacial score (nSPS) is 12.5. The molecule has 0 spiro atoms. The number of hydrogen-bond donors (Lipinski definition) is 0. The van der Waals surface area contributed by atoms with Gasteiger partial charge in [-0.15, -0.1) is 0 Å². The van der Waals surface area contributed by atoms with E-state index in [0.717, 1.165) is 70.6 Å². The van der Waals surface area contributed by atoms with Gasteiger partial charge in [-0.25, -0.2) is 0 Å². The summed E-state index contributed by atoms with van der Waals surface area (Å²) in [5.74, 6) is -0.924. The van der Waals surface area contributed by atoms with Gasteiger partial charge in [0.05, 0.1) is 0 Å². The Bertz CT molecular complexity index is 1210. The van der Waals surface area contributed by atoms with Gasteiger partial charge in [0.2, 0.25) is 0 Å². The molecule has 1 atom stereocenters. The smallest absolute Gasteiger partial charge is 0.306 e. The molecule has 0 amide bonds. The Labute approximate surface area is 415 Å².